The molecular weight excluding hydrogens is 267 g/mol. The molecule has 0 saturated heterocycles. The highest BCUT2D eigenvalue weighted by Crippen LogP contribution is 2.35. The Balaban J connectivity index is 1.70. The van der Waals surface area contributed by atoms with Crippen molar-refractivity contribution in [2.75, 3.05) is 6.61 Å². The van der Waals surface area contributed by atoms with Crippen molar-refractivity contribution in [3.05, 3.63) is 65.5 Å². The molecule has 0 saturated carbocycles. The molecule has 0 aromatic heterocycles. The molecule has 1 unspecified atom stereocenters. The highest BCUT2D eigenvalue weighted by atomic mass is 19.1. The van der Waals surface area contributed by atoms with Crippen LogP contribution in [0.1, 0.15) is 29.9 Å². The Morgan fingerprint density at radius 3 is 2.76 bits per heavy atom. The van der Waals surface area contributed by atoms with Crippen LogP contribution in [-0.4, -0.2) is 12.4 Å². The van der Waals surface area contributed by atoms with E-state index in [0.29, 0.717) is 18.6 Å². The molecule has 1 atom stereocenters. The van der Waals surface area contributed by atoms with Gasteiger partial charge >= 0.3 is 0 Å². The number of para-hydroxylation sites is 1. The van der Waals surface area contributed by atoms with Crippen LogP contribution >= 0.6 is 0 Å². The molecular formula is C18H17FO2. The van der Waals surface area contributed by atoms with Crippen LogP contribution in [0.15, 0.2) is 48.5 Å². The van der Waals surface area contributed by atoms with E-state index in [9.17, 15) is 9.18 Å². The molecule has 0 radical (unpaired) electrons. The maximum atomic E-state index is 13.6. The van der Waals surface area contributed by atoms with Gasteiger partial charge in [0, 0.05) is 12.8 Å². The summed E-state index contributed by atoms with van der Waals surface area (Å²) in [4.78, 5) is 12.2. The predicted octanol–water partition coefficient (Wildman–Crippen LogP) is 3.89. The largest absolute Gasteiger partial charge is 0.493 e. The Labute approximate surface area is 123 Å². The lowest BCUT2D eigenvalue weighted by molar-refractivity contribution is -0.119. The Kier molecular flexibility index (Phi) is 4.00. The molecule has 0 spiro atoms. The van der Waals surface area contributed by atoms with Crippen molar-refractivity contribution >= 4 is 5.78 Å². The number of fused-ring (bicyclic) bond motifs is 1. The summed E-state index contributed by atoms with van der Waals surface area (Å²) in [6.45, 7) is 0.634. The van der Waals surface area contributed by atoms with Gasteiger partial charge in [-0.25, -0.2) is 4.39 Å². The van der Waals surface area contributed by atoms with Gasteiger partial charge in [0.05, 0.1) is 6.61 Å². The molecule has 3 heteroatoms. The van der Waals surface area contributed by atoms with Gasteiger partial charge in [-0.3, -0.25) is 4.79 Å². The number of halogens is 1. The third-order valence-electron chi connectivity index (χ3n) is 3.90. The number of carbonyl (C=O) groups is 1. The summed E-state index contributed by atoms with van der Waals surface area (Å²) in [5.74, 6) is 0.807. The maximum absolute atomic E-state index is 13.6. The number of ketones is 1. The third-order valence-corrected chi connectivity index (χ3v) is 3.90. The van der Waals surface area contributed by atoms with Gasteiger partial charge in [0.15, 0.2) is 0 Å². The summed E-state index contributed by atoms with van der Waals surface area (Å²) in [5, 5.41) is 0. The summed E-state index contributed by atoms with van der Waals surface area (Å²) in [6, 6.07) is 14.3. The number of rotatable bonds is 4. The minimum atomic E-state index is -0.307. The van der Waals surface area contributed by atoms with Crippen molar-refractivity contribution in [2.24, 2.45) is 0 Å². The molecule has 2 aromatic carbocycles. The minimum absolute atomic E-state index is 0.0711. The van der Waals surface area contributed by atoms with Crippen LogP contribution in [0.3, 0.4) is 0 Å². The van der Waals surface area contributed by atoms with Gasteiger partial charge in [-0.2, -0.15) is 0 Å². The van der Waals surface area contributed by atoms with Crippen molar-refractivity contribution in [1.82, 2.24) is 0 Å². The van der Waals surface area contributed by atoms with Gasteiger partial charge in [0.1, 0.15) is 17.3 Å². The van der Waals surface area contributed by atoms with Crippen LogP contribution in [0.2, 0.25) is 0 Å². The van der Waals surface area contributed by atoms with Gasteiger partial charge in [-0.15, -0.1) is 0 Å². The molecule has 0 amide bonds. The number of carbonyl (C=O) groups excluding carboxylic acids is 1. The first-order chi connectivity index (χ1) is 10.2. The SMILES string of the molecule is O=C(Cc1ccccc1F)CC1CCOc2ccccc21. The summed E-state index contributed by atoms with van der Waals surface area (Å²) >= 11 is 0. The highest BCUT2D eigenvalue weighted by molar-refractivity contribution is 5.81. The molecule has 1 heterocycles. The minimum Gasteiger partial charge on any atom is -0.493 e. The van der Waals surface area contributed by atoms with Crippen LogP contribution in [0, 0.1) is 5.82 Å². The van der Waals surface area contributed by atoms with Gasteiger partial charge in [0.2, 0.25) is 0 Å². The normalized spacial score (nSPS) is 16.9. The fraction of sp³-hybridized carbons (Fsp3) is 0.278. The quantitative estimate of drug-likeness (QED) is 0.851. The second-order valence-electron chi connectivity index (χ2n) is 5.38. The summed E-state index contributed by atoms with van der Waals surface area (Å²) < 4.78 is 19.2. The van der Waals surface area contributed by atoms with Crippen LogP contribution in [0.5, 0.6) is 5.75 Å². The number of hydrogen-bond donors (Lipinski definition) is 0. The average molecular weight is 284 g/mol. The number of benzene rings is 2. The standard InChI is InChI=1S/C18H17FO2/c19-17-7-3-1-5-14(17)12-15(20)11-13-9-10-21-18-8-4-2-6-16(13)18/h1-8,13H,9-12H2. The Hall–Kier alpha value is -2.16. The van der Waals surface area contributed by atoms with E-state index in [1.54, 1.807) is 18.2 Å². The molecule has 0 bridgehead atoms. The first-order valence-corrected chi connectivity index (χ1v) is 7.21. The first-order valence-electron chi connectivity index (χ1n) is 7.21. The van der Waals surface area contributed by atoms with E-state index in [-0.39, 0.29) is 23.9 Å². The van der Waals surface area contributed by atoms with E-state index in [0.717, 1.165) is 17.7 Å². The number of hydrogen-bond acceptors (Lipinski definition) is 2. The monoisotopic (exact) mass is 284 g/mol. The fourth-order valence-electron chi connectivity index (χ4n) is 2.83. The molecule has 0 aliphatic carbocycles. The van der Waals surface area contributed by atoms with E-state index in [1.807, 2.05) is 24.3 Å². The summed E-state index contributed by atoms with van der Waals surface area (Å²) in [5.41, 5.74) is 1.56. The van der Waals surface area contributed by atoms with Crippen molar-refractivity contribution in [3.63, 3.8) is 0 Å². The predicted molar refractivity (Wildman–Crippen MR) is 79.0 cm³/mol. The molecule has 0 fully saturated rings. The average Bonchev–Trinajstić information content (AvgIpc) is 2.50. The molecule has 21 heavy (non-hydrogen) atoms. The molecule has 0 N–H and O–H groups in total. The van der Waals surface area contributed by atoms with Gasteiger partial charge in [-0.05, 0) is 35.6 Å². The zero-order valence-corrected chi connectivity index (χ0v) is 11.7. The van der Waals surface area contributed by atoms with Crippen LogP contribution in [0.4, 0.5) is 4.39 Å². The lowest BCUT2D eigenvalue weighted by Gasteiger charge is -2.25. The molecule has 1 aliphatic rings. The second-order valence-corrected chi connectivity index (χ2v) is 5.38. The van der Waals surface area contributed by atoms with Gasteiger partial charge in [-0.1, -0.05) is 36.4 Å². The number of Topliss-reactive ketones (excluding diaryl/α,β-unsaturated/α-hetero) is 1. The van der Waals surface area contributed by atoms with Gasteiger partial charge in [0.25, 0.3) is 0 Å². The molecule has 1 aliphatic heterocycles. The molecule has 2 aromatic rings. The van der Waals surface area contributed by atoms with Crippen LogP contribution < -0.4 is 4.74 Å². The third kappa shape index (κ3) is 3.13. The Morgan fingerprint density at radius 2 is 1.90 bits per heavy atom. The van der Waals surface area contributed by atoms with Crippen molar-refractivity contribution in [2.45, 2.75) is 25.2 Å². The summed E-state index contributed by atoms with van der Waals surface area (Å²) in [7, 11) is 0. The highest BCUT2D eigenvalue weighted by Gasteiger charge is 2.23. The van der Waals surface area contributed by atoms with E-state index >= 15 is 0 Å². The molecule has 108 valence electrons. The molecule has 2 nitrogen and oxygen atoms in total. The lowest BCUT2D eigenvalue weighted by Crippen LogP contribution is -2.18. The fourth-order valence-corrected chi connectivity index (χ4v) is 2.83. The summed E-state index contributed by atoms with van der Waals surface area (Å²) in [6.07, 6.45) is 1.43. The Bertz CT molecular complexity index is 651. The van der Waals surface area contributed by atoms with E-state index in [4.69, 9.17) is 4.74 Å². The van der Waals surface area contributed by atoms with E-state index < -0.39 is 0 Å². The smallest absolute Gasteiger partial charge is 0.137 e. The number of ether oxygens (including phenoxy) is 1. The van der Waals surface area contributed by atoms with Crippen molar-refractivity contribution in [3.8, 4) is 5.75 Å². The van der Waals surface area contributed by atoms with Crippen molar-refractivity contribution < 1.29 is 13.9 Å². The van der Waals surface area contributed by atoms with Crippen LogP contribution in [-0.2, 0) is 11.2 Å². The van der Waals surface area contributed by atoms with Gasteiger partial charge < -0.3 is 4.74 Å². The Morgan fingerprint density at radius 1 is 1.14 bits per heavy atom. The molecule has 3 rings (SSSR count). The van der Waals surface area contributed by atoms with E-state index in [1.165, 1.54) is 6.07 Å². The zero-order chi connectivity index (χ0) is 14.7. The zero-order valence-electron chi connectivity index (χ0n) is 11.7. The first kappa shape index (κ1) is 13.8. The second kappa shape index (κ2) is 6.08. The van der Waals surface area contributed by atoms with Crippen LogP contribution in [0.25, 0.3) is 0 Å². The topological polar surface area (TPSA) is 26.3 Å². The van der Waals surface area contributed by atoms with Crippen molar-refractivity contribution in [1.29, 1.82) is 0 Å². The van der Waals surface area contributed by atoms with E-state index in [2.05, 4.69) is 0 Å². The maximum Gasteiger partial charge on any atom is 0.137 e. The lowest BCUT2D eigenvalue weighted by atomic mass is 9.87.